The van der Waals surface area contributed by atoms with Gasteiger partial charge in [0, 0.05) is 0 Å². The van der Waals surface area contributed by atoms with Crippen molar-refractivity contribution in [1.29, 1.82) is 0 Å². The van der Waals surface area contributed by atoms with Crippen LogP contribution in [-0.2, 0) is 0 Å². The van der Waals surface area contributed by atoms with Crippen LogP contribution in [0.4, 0.5) is 0 Å². The Hall–Kier alpha value is 1.52. The van der Waals surface area contributed by atoms with Gasteiger partial charge in [-0.3, -0.25) is 0 Å². The van der Waals surface area contributed by atoms with Crippen molar-refractivity contribution >= 4 is 31.4 Å². The molecule has 0 aliphatic rings. The van der Waals surface area contributed by atoms with Crippen LogP contribution in [0.15, 0.2) is 0 Å². The molecule has 0 aromatic heterocycles. The molecule has 0 spiro atoms. The topological polar surface area (TPSA) is 0 Å². The second-order valence-electron chi connectivity index (χ2n) is 9.31. The second kappa shape index (κ2) is 18.3. The van der Waals surface area contributed by atoms with E-state index in [0.29, 0.717) is 0 Å². The summed E-state index contributed by atoms with van der Waals surface area (Å²) >= 11 is -3.31. The maximum absolute atomic E-state index is 2.44. The quantitative estimate of drug-likeness (QED) is 0.111. The third-order valence-electron chi connectivity index (χ3n) is 6.58. The van der Waals surface area contributed by atoms with Gasteiger partial charge in [-0.15, -0.1) is 0 Å². The molecule has 3 heteroatoms. The van der Waals surface area contributed by atoms with Gasteiger partial charge in [0.25, 0.3) is 0 Å². The first-order valence-corrected chi connectivity index (χ1v) is 29.1. The van der Waals surface area contributed by atoms with Crippen LogP contribution in [0.25, 0.3) is 0 Å². The molecule has 0 unspecified atom stereocenters. The summed E-state index contributed by atoms with van der Waals surface area (Å²) in [5.41, 5.74) is 0. The third kappa shape index (κ3) is 12.7. The Kier molecular flexibility index (Phi) is 19.3. The predicted molar refractivity (Wildman–Crippen MR) is 138 cm³/mol. The molecule has 0 nitrogen and oxygen atoms in total. The molecule has 0 rings (SSSR count). The Morgan fingerprint density at radius 3 is 0.704 bits per heavy atom. The van der Waals surface area contributed by atoms with Crippen LogP contribution in [0.2, 0.25) is 31.5 Å². The van der Waals surface area contributed by atoms with E-state index in [1.807, 2.05) is 0 Å². The summed E-state index contributed by atoms with van der Waals surface area (Å²) in [6, 6.07) is 0. The number of unbranched alkanes of at least 4 members (excludes halogenated alkanes) is 6. The minimum atomic E-state index is -1.66. The molecule has 0 radical (unpaired) electrons. The molecule has 0 aliphatic heterocycles. The summed E-state index contributed by atoms with van der Waals surface area (Å²) < 4.78 is 0. The fourth-order valence-corrected chi connectivity index (χ4v) is 101. The van der Waals surface area contributed by atoms with Crippen LogP contribution >= 0.6 is 5.80 Å². The van der Waals surface area contributed by atoms with Crippen molar-refractivity contribution in [2.24, 2.45) is 0 Å². The van der Waals surface area contributed by atoms with E-state index in [9.17, 15) is 0 Å². The first kappa shape index (κ1) is 28.5. The standard InChI is InChI=1S/C24H55Ge2P/c1-7-13-19-25(20-14-8-2,21-15-9-3)27-26(22-16-10-4,23-17-11-5)24-18-12-6/h27H,7-24H2,1-6H3. The zero-order valence-electron chi connectivity index (χ0n) is 20.2. The molecule has 0 atom stereocenters. The van der Waals surface area contributed by atoms with Gasteiger partial charge in [0.1, 0.15) is 0 Å². The molecule has 164 valence electrons. The van der Waals surface area contributed by atoms with Gasteiger partial charge in [-0.25, -0.2) is 0 Å². The van der Waals surface area contributed by atoms with E-state index in [0.717, 1.165) is 0 Å². The van der Waals surface area contributed by atoms with Gasteiger partial charge in [-0.1, -0.05) is 0 Å². The zero-order valence-corrected chi connectivity index (χ0v) is 25.4. The summed E-state index contributed by atoms with van der Waals surface area (Å²) in [4.78, 5) is 0. The molecule has 0 N–H and O–H groups in total. The van der Waals surface area contributed by atoms with Gasteiger partial charge < -0.3 is 0 Å². The van der Waals surface area contributed by atoms with Gasteiger partial charge in [0.05, 0.1) is 0 Å². The van der Waals surface area contributed by atoms with Crippen molar-refractivity contribution in [3.63, 3.8) is 0 Å². The van der Waals surface area contributed by atoms with E-state index in [1.165, 1.54) is 38.5 Å². The summed E-state index contributed by atoms with van der Waals surface area (Å²) in [5.74, 6) is 1.59. The van der Waals surface area contributed by atoms with Crippen molar-refractivity contribution in [1.82, 2.24) is 0 Å². The van der Waals surface area contributed by atoms with E-state index in [1.54, 1.807) is 75.8 Å². The Morgan fingerprint density at radius 1 is 0.370 bits per heavy atom. The Morgan fingerprint density at radius 2 is 0.556 bits per heavy atom. The van der Waals surface area contributed by atoms with Gasteiger partial charge in [0.2, 0.25) is 0 Å². The van der Waals surface area contributed by atoms with Crippen LogP contribution < -0.4 is 0 Å². The van der Waals surface area contributed by atoms with Crippen molar-refractivity contribution in [2.45, 2.75) is 150 Å². The summed E-state index contributed by atoms with van der Waals surface area (Å²) in [5, 5.41) is 10.5. The van der Waals surface area contributed by atoms with Crippen molar-refractivity contribution < 1.29 is 0 Å². The SMILES string of the molecule is CCC[CH2][Ge]([CH2]CCC)([CH2]CCC)[PH][Ge]([CH2]CCC)([CH2]CCC)[CH2]CCC. The Balaban J connectivity index is 5.66. The first-order valence-electron chi connectivity index (χ1n) is 12.9. The molecule has 0 aromatic rings. The third-order valence-corrected chi connectivity index (χ3v) is 73.3. The minimum absolute atomic E-state index is 1.44. The molecule has 27 heavy (non-hydrogen) atoms. The number of rotatable bonds is 20. The van der Waals surface area contributed by atoms with E-state index in [-0.39, 0.29) is 0 Å². The van der Waals surface area contributed by atoms with Crippen LogP contribution in [0.3, 0.4) is 0 Å². The van der Waals surface area contributed by atoms with Gasteiger partial charge in [-0.05, 0) is 0 Å². The molecular formula is C24H55Ge2P. The molecule has 0 aliphatic carbocycles. The fraction of sp³-hybridized carbons (Fsp3) is 1.00. The van der Waals surface area contributed by atoms with Crippen molar-refractivity contribution in [3.8, 4) is 0 Å². The molecule has 0 fully saturated rings. The Labute approximate surface area is 180 Å². The predicted octanol–water partition coefficient (Wildman–Crippen LogP) is 10.4. The van der Waals surface area contributed by atoms with E-state index in [2.05, 4.69) is 41.5 Å². The molecule has 0 saturated carbocycles. The van der Waals surface area contributed by atoms with Gasteiger partial charge in [-0.2, -0.15) is 0 Å². The molecule has 0 amide bonds. The summed E-state index contributed by atoms with van der Waals surface area (Å²) in [6.07, 6.45) is 18.0. The van der Waals surface area contributed by atoms with Crippen molar-refractivity contribution in [3.05, 3.63) is 0 Å². The first-order chi connectivity index (χ1) is 13.1. The van der Waals surface area contributed by atoms with Crippen LogP contribution in [-0.4, -0.2) is 25.6 Å². The molecule has 0 bridgehead atoms. The zero-order chi connectivity index (χ0) is 20.4. The monoisotopic (exact) mass is 522 g/mol. The van der Waals surface area contributed by atoms with Crippen LogP contribution in [0.5, 0.6) is 0 Å². The van der Waals surface area contributed by atoms with Crippen LogP contribution in [0.1, 0.15) is 119 Å². The molecular weight excluding hydrogens is 464 g/mol. The van der Waals surface area contributed by atoms with Crippen molar-refractivity contribution in [2.75, 3.05) is 0 Å². The summed E-state index contributed by atoms with van der Waals surface area (Å²) in [6.45, 7) is 14.6. The normalized spacial score (nSPS) is 12.7. The van der Waals surface area contributed by atoms with Crippen LogP contribution in [0, 0.1) is 0 Å². The molecule has 0 aromatic carbocycles. The average molecular weight is 520 g/mol. The average Bonchev–Trinajstić information content (AvgIpc) is 2.70. The van der Waals surface area contributed by atoms with E-state index >= 15 is 0 Å². The number of hydrogen-bond acceptors (Lipinski definition) is 0. The fourth-order valence-electron chi connectivity index (χ4n) is 4.78. The summed E-state index contributed by atoms with van der Waals surface area (Å²) in [7, 11) is 0. The van der Waals surface area contributed by atoms with Gasteiger partial charge >= 0.3 is 182 Å². The number of hydrogen-bond donors (Lipinski definition) is 0. The second-order valence-corrected chi connectivity index (χ2v) is 47.4. The van der Waals surface area contributed by atoms with E-state index in [4.69, 9.17) is 0 Å². The molecule has 0 saturated heterocycles. The molecule has 0 heterocycles. The van der Waals surface area contributed by atoms with Gasteiger partial charge in [0.15, 0.2) is 0 Å². The Bertz CT molecular complexity index is 246. The maximum atomic E-state index is 2.44. The van der Waals surface area contributed by atoms with E-state index < -0.39 is 25.6 Å².